The molecule has 1 aromatic heterocycles. The zero-order chi connectivity index (χ0) is 28.9. The van der Waals surface area contributed by atoms with Crippen molar-refractivity contribution in [3.63, 3.8) is 0 Å². The first-order valence-corrected chi connectivity index (χ1v) is 15.2. The molecule has 0 aliphatic carbocycles. The fourth-order valence-corrected chi connectivity index (χ4v) is 6.74. The lowest BCUT2D eigenvalue weighted by atomic mass is 9.96. The summed E-state index contributed by atoms with van der Waals surface area (Å²) in [7, 11) is 0. The smallest absolute Gasteiger partial charge is 0.266 e. The Hall–Kier alpha value is -3.62. The molecule has 4 aromatic rings. The standard InChI is InChI=1S/C32H33ClN4O3S/c1-2-3-15-28(31(40)36-18-16-21(17-19-36)29(34)38)41-32-35-27-14-7-5-12-25(27)30(39)37(32)23-10-8-9-22(20-23)24-11-4-6-13-26(24)33/h4-14,20-21,28H,2-3,15-19H2,1H3,(H2,34,38). The first kappa shape index (κ1) is 28.9. The van der Waals surface area contributed by atoms with E-state index in [1.54, 1.807) is 10.6 Å². The molecule has 7 nitrogen and oxygen atoms in total. The van der Waals surface area contributed by atoms with Gasteiger partial charge in [0.1, 0.15) is 0 Å². The zero-order valence-corrected chi connectivity index (χ0v) is 24.5. The first-order valence-electron chi connectivity index (χ1n) is 14.0. The van der Waals surface area contributed by atoms with E-state index in [-0.39, 0.29) is 23.3 Å². The van der Waals surface area contributed by atoms with Crippen LogP contribution in [0.2, 0.25) is 5.02 Å². The maximum Gasteiger partial charge on any atom is 0.266 e. The molecule has 1 saturated heterocycles. The highest BCUT2D eigenvalue weighted by Crippen LogP contribution is 2.33. The Morgan fingerprint density at radius 2 is 1.78 bits per heavy atom. The number of benzene rings is 3. The van der Waals surface area contributed by atoms with Gasteiger partial charge >= 0.3 is 0 Å². The molecule has 1 fully saturated rings. The van der Waals surface area contributed by atoms with Crippen molar-refractivity contribution in [2.45, 2.75) is 49.4 Å². The molecule has 5 rings (SSSR count). The van der Waals surface area contributed by atoms with Crippen molar-refractivity contribution in [3.8, 4) is 16.8 Å². The maximum atomic E-state index is 14.0. The maximum absolute atomic E-state index is 14.0. The van der Waals surface area contributed by atoms with Crippen LogP contribution in [0.25, 0.3) is 27.7 Å². The number of fused-ring (bicyclic) bond motifs is 1. The molecule has 2 N–H and O–H groups in total. The number of nitrogens with two attached hydrogens (primary N) is 1. The van der Waals surface area contributed by atoms with Gasteiger partial charge in [-0.05, 0) is 55.2 Å². The minimum atomic E-state index is -0.425. The molecule has 2 heterocycles. The molecule has 1 aliphatic rings. The molecule has 3 aromatic carbocycles. The number of aromatic nitrogens is 2. The van der Waals surface area contributed by atoms with Crippen LogP contribution in [-0.4, -0.2) is 44.6 Å². The van der Waals surface area contributed by atoms with E-state index in [0.717, 1.165) is 24.0 Å². The summed E-state index contributed by atoms with van der Waals surface area (Å²) in [6.45, 7) is 3.08. The van der Waals surface area contributed by atoms with Crippen molar-refractivity contribution in [1.29, 1.82) is 0 Å². The van der Waals surface area contributed by atoms with Gasteiger partial charge in [-0.3, -0.25) is 19.0 Å². The first-order chi connectivity index (χ1) is 19.9. The van der Waals surface area contributed by atoms with Crippen molar-refractivity contribution in [3.05, 3.63) is 88.2 Å². The Balaban J connectivity index is 1.56. The number of thioether (sulfide) groups is 1. The summed E-state index contributed by atoms with van der Waals surface area (Å²) < 4.78 is 1.61. The van der Waals surface area contributed by atoms with Gasteiger partial charge in [-0.15, -0.1) is 0 Å². The fraction of sp³-hybridized carbons (Fsp3) is 0.312. The number of piperidine rings is 1. The second-order valence-electron chi connectivity index (χ2n) is 10.3. The lowest BCUT2D eigenvalue weighted by molar-refractivity contribution is -0.134. The highest BCUT2D eigenvalue weighted by molar-refractivity contribution is 8.00. The third-order valence-electron chi connectivity index (χ3n) is 7.59. The predicted molar refractivity (Wildman–Crippen MR) is 165 cm³/mol. The van der Waals surface area contributed by atoms with Crippen LogP contribution in [0.1, 0.15) is 39.0 Å². The number of para-hydroxylation sites is 1. The number of carbonyl (C=O) groups excluding carboxylic acids is 2. The summed E-state index contributed by atoms with van der Waals surface area (Å²) in [5.41, 5.74) is 8.29. The van der Waals surface area contributed by atoms with Gasteiger partial charge < -0.3 is 10.6 Å². The minimum absolute atomic E-state index is 0.00476. The van der Waals surface area contributed by atoms with Crippen LogP contribution >= 0.6 is 23.4 Å². The van der Waals surface area contributed by atoms with E-state index < -0.39 is 5.25 Å². The Morgan fingerprint density at radius 1 is 1.05 bits per heavy atom. The summed E-state index contributed by atoms with van der Waals surface area (Å²) in [5, 5.41) is 1.16. The number of likely N-dealkylation sites (tertiary alicyclic amines) is 1. The van der Waals surface area contributed by atoms with Crippen molar-refractivity contribution >= 4 is 46.1 Å². The molecule has 0 bridgehead atoms. The predicted octanol–water partition coefficient (Wildman–Crippen LogP) is 6.08. The monoisotopic (exact) mass is 588 g/mol. The van der Waals surface area contributed by atoms with E-state index in [1.165, 1.54) is 11.8 Å². The highest BCUT2D eigenvalue weighted by atomic mass is 35.5. The van der Waals surface area contributed by atoms with Gasteiger partial charge in [0.05, 0.1) is 21.8 Å². The molecule has 0 radical (unpaired) electrons. The van der Waals surface area contributed by atoms with Crippen LogP contribution in [-0.2, 0) is 9.59 Å². The topological polar surface area (TPSA) is 98.3 Å². The molecular weight excluding hydrogens is 556 g/mol. The van der Waals surface area contributed by atoms with E-state index in [4.69, 9.17) is 22.3 Å². The van der Waals surface area contributed by atoms with E-state index in [1.807, 2.05) is 71.6 Å². The van der Waals surface area contributed by atoms with Gasteiger partial charge in [0.25, 0.3) is 5.56 Å². The molecular formula is C32H33ClN4O3S. The second kappa shape index (κ2) is 12.9. The van der Waals surface area contributed by atoms with Gasteiger partial charge in [0.2, 0.25) is 11.8 Å². The summed E-state index contributed by atoms with van der Waals surface area (Å²) >= 11 is 7.83. The number of amides is 2. The van der Waals surface area contributed by atoms with E-state index in [0.29, 0.717) is 59.1 Å². The van der Waals surface area contributed by atoms with E-state index >= 15 is 0 Å². The van der Waals surface area contributed by atoms with Crippen LogP contribution in [0.4, 0.5) is 0 Å². The Labute approximate surface area is 248 Å². The van der Waals surface area contributed by atoms with E-state index in [9.17, 15) is 14.4 Å². The second-order valence-corrected chi connectivity index (χ2v) is 11.9. The van der Waals surface area contributed by atoms with Crippen LogP contribution in [0.5, 0.6) is 0 Å². The van der Waals surface area contributed by atoms with Crippen molar-refractivity contribution in [2.24, 2.45) is 11.7 Å². The van der Waals surface area contributed by atoms with Gasteiger partial charge in [-0.25, -0.2) is 4.98 Å². The molecule has 0 saturated carbocycles. The number of halogens is 1. The molecule has 9 heteroatoms. The Bertz CT molecular complexity index is 1630. The molecule has 41 heavy (non-hydrogen) atoms. The van der Waals surface area contributed by atoms with Crippen molar-refractivity contribution < 1.29 is 9.59 Å². The van der Waals surface area contributed by atoms with Crippen LogP contribution in [0.15, 0.2) is 82.7 Å². The Kier molecular flexibility index (Phi) is 9.10. The molecule has 212 valence electrons. The van der Waals surface area contributed by atoms with E-state index in [2.05, 4.69) is 6.92 Å². The number of carbonyl (C=O) groups is 2. The number of hydrogen-bond donors (Lipinski definition) is 1. The Morgan fingerprint density at radius 3 is 2.51 bits per heavy atom. The average Bonchev–Trinajstić information content (AvgIpc) is 2.99. The summed E-state index contributed by atoms with van der Waals surface area (Å²) in [6.07, 6.45) is 3.59. The van der Waals surface area contributed by atoms with Crippen molar-refractivity contribution in [2.75, 3.05) is 13.1 Å². The third kappa shape index (κ3) is 6.34. The quantitative estimate of drug-likeness (QED) is 0.189. The van der Waals surface area contributed by atoms with Crippen LogP contribution in [0, 0.1) is 5.92 Å². The van der Waals surface area contributed by atoms with Gasteiger partial charge in [-0.2, -0.15) is 0 Å². The number of unbranched alkanes of at least 4 members (excludes halogenated alkanes) is 1. The average molecular weight is 589 g/mol. The SMILES string of the molecule is CCCCC(Sc1nc2ccccc2c(=O)n1-c1cccc(-c2ccccc2Cl)c1)C(=O)N1CCC(C(N)=O)CC1. The largest absolute Gasteiger partial charge is 0.369 e. The molecule has 1 atom stereocenters. The normalized spacial score (nSPS) is 14.7. The number of rotatable bonds is 9. The molecule has 1 aliphatic heterocycles. The zero-order valence-electron chi connectivity index (χ0n) is 23.0. The van der Waals surface area contributed by atoms with Gasteiger partial charge in [-0.1, -0.05) is 85.6 Å². The van der Waals surface area contributed by atoms with Crippen LogP contribution < -0.4 is 11.3 Å². The summed E-state index contributed by atoms with van der Waals surface area (Å²) in [5.74, 6) is -0.499. The molecule has 1 unspecified atom stereocenters. The summed E-state index contributed by atoms with van der Waals surface area (Å²) in [6, 6.07) is 22.5. The van der Waals surface area contributed by atoms with Gasteiger partial charge in [0.15, 0.2) is 5.16 Å². The number of primary amides is 1. The lowest BCUT2D eigenvalue weighted by Gasteiger charge is -2.33. The summed E-state index contributed by atoms with van der Waals surface area (Å²) in [4.78, 5) is 46.2. The van der Waals surface area contributed by atoms with Gasteiger partial charge in [0, 0.05) is 29.6 Å². The third-order valence-corrected chi connectivity index (χ3v) is 9.12. The molecule has 2 amide bonds. The van der Waals surface area contributed by atoms with Crippen LogP contribution in [0.3, 0.4) is 0 Å². The fourth-order valence-electron chi connectivity index (χ4n) is 5.26. The van der Waals surface area contributed by atoms with Crippen molar-refractivity contribution in [1.82, 2.24) is 14.5 Å². The lowest BCUT2D eigenvalue weighted by Crippen LogP contribution is -2.45. The highest BCUT2D eigenvalue weighted by Gasteiger charge is 2.31. The number of nitrogens with zero attached hydrogens (tertiary/aromatic N) is 3. The molecule has 0 spiro atoms. The minimum Gasteiger partial charge on any atom is -0.369 e. The number of hydrogen-bond acceptors (Lipinski definition) is 5.